The van der Waals surface area contributed by atoms with Crippen molar-refractivity contribution in [2.24, 2.45) is 0 Å². The molecule has 106 valence electrons. The Labute approximate surface area is 126 Å². The first-order valence-corrected chi connectivity index (χ1v) is 6.90. The molecule has 0 unspecified atom stereocenters. The number of nitrogens with one attached hydrogen (secondary N) is 1. The molecule has 0 aliphatic heterocycles. The van der Waals surface area contributed by atoms with Crippen LogP contribution >= 0.6 is 11.6 Å². The van der Waals surface area contributed by atoms with E-state index in [1.54, 1.807) is 29.2 Å². The van der Waals surface area contributed by atoms with Crippen LogP contribution < -0.4 is 5.32 Å². The van der Waals surface area contributed by atoms with Gasteiger partial charge in [-0.05, 0) is 37.3 Å². The van der Waals surface area contributed by atoms with Gasteiger partial charge in [-0.2, -0.15) is 20.1 Å². The monoisotopic (exact) mass is 300 g/mol. The fourth-order valence-corrected chi connectivity index (χ4v) is 1.95. The van der Waals surface area contributed by atoms with E-state index in [1.807, 2.05) is 25.1 Å². The van der Waals surface area contributed by atoms with Crippen LogP contribution in [0.2, 0.25) is 5.02 Å². The van der Waals surface area contributed by atoms with E-state index in [0.717, 1.165) is 12.1 Å². The second kappa shape index (κ2) is 5.88. The lowest BCUT2D eigenvalue weighted by Crippen LogP contribution is -2.10. The van der Waals surface area contributed by atoms with Crippen LogP contribution in [0.15, 0.2) is 42.7 Å². The Morgan fingerprint density at radius 3 is 2.62 bits per heavy atom. The van der Waals surface area contributed by atoms with Crippen molar-refractivity contribution in [2.75, 3.05) is 11.9 Å². The summed E-state index contributed by atoms with van der Waals surface area (Å²) in [5.41, 5.74) is 0.870. The van der Waals surface area contributed by atoms with E-state index in [4.69, 9.17) is 11.6 Å². The lowest BCUT2D eigenvalue weighted by Gasteiger charge is -2.08. The summed E-state index contributed by atoms with van der Waals surface area (Å²) in [6, 6.07) is 9.18. The van der Waals surface area contributed by atoms with Gasteiger partial charge in [0.05, 0.1) is 0 Å². The number of hydrogen-bond donors (Lipinski definition) is 1. The molecule has 0 radical (unpaired) electrons. The summed E-state index contributed by atoms with van der Waals surface area (Å²) in [5.74, 6) is 1.56. The topological polar surface area (TPSA) is 68.5 Å². The zero-order valence-electron chi connectivity index (χ0n) is 11.4. The SMILES string of the molecule is CCNc1nc(-c2ccc(Cl)cc2)nc(-n2cccn2)n1. The number of rotatable bonds is 4. The van der Waals surface area contributed by atoms with Crippen LogP contribution in [-0.4, -0.2) is 31.3 Å². The maximum absolute atomic E-state index is 5.91. The smallest absolute Gasteiger partial charge is 0.255 e. The fraction of sp³-hybridized carbons (Fsp3) is 0.143. The molecule has 0 fully saturated rings. The van der Waals surface area contributed by atoms with Gasteiger partial charge in [-0.25, -0.2) is 4.68 Å². The van der Waals surface area contributed by atoms with E-state index >= 15 is 0 Å². The van der Waals surface area contributed by atoms with Gasteiger partial charge in [0.2, 0.25) is 5.95 Å². The minimum absolute atomic E-state index is 0.468. The van der Waals surface area contributed by atoms with Gasteiger partial charge in [0.1, 0.15) is 0 Å². The first-order valence-electron chi connectivity index (χ1n) is 6.52. The highest BCUT2D eigenvalue weighted by molar-refractivity contribution is 6.30. The molecule has 0 aliphatic carbocycles. The van der Waals surface area contributed by atoms with Gasteiger partial charge in [-0.3, -0.25) is 0 Å². The first-order chi connectivity index (χ1) is 10.3. The molecule has 2 heterocycles. The third kappa shape index (κ3) is 3.00. The number of aromatic nitrogens is 5. The van der Waals surface area contributed by atoms with E-state index in [9.17, 15) is 0 Å². The molecule has 0 spiro atoms. The van der Waals surface area contributed by atoms with Gasteiger partial charge >= 0.3 is 0 Å². The van der Waals surface area contributed by atoms with Gasteiger partial charge in [-0.15, -0.1) is 0 Å². The summed E-state index contributed by atoms with van der Waals surface area (Å²) in [6.45, 7) is 2.71. The van der Waals surface area contributed by atoms with Crippen LogP contribution in [0.4, 0.5) is 5.95 Å². The van der Waals surface area contributed by atoms with Gasteiger partial charge in [-0.1, -0.05) is 11.6 Å². The predicted molar refractivity (Wildman–Crippen MR) is 81.6 cm³/mol. The van der Waals surface area contributed by atoms with Crippen molar-refractivity contribution in [1.29, 1.82) is 0 Å². The molecule has 1 aromatic carbocycles. The van der Waals surface area contributed by atoms with E-state index in [-0.39, 0.29) is 0 Å². The molecule has 2 aromatic heterocycles. The number of anilines is 1. The minimum Gasteiger partial charge on any atom is -0.354 e. The van der Waals surface area contributed by atoms with Crippen LogP contribution in [-0.2, 0) is 0 Å². The highest BCUT2D eigenvalue weighted by Crippen LogP contribution is 2.19. The molecule has 0 aliphatic rings. The highest BCUT2D eigenvalue weighted by atomic mass is 35.5. The zero-order valence-corrected chi connectivity index (χ0v) is 12.1. The van der Waals surface area contributed by atoms with Crippen molar-refractivity contribution < 1.29 is 0 Å². The average Bonchev–Trinajstić information content (AvgIpc) is 3.02. The summed E-state index contributed by atoms with van der Waals surface area (Å²) >= 11 is 5.91. The van der Waals surface area contributed by atoms with Gasteiger partial charge < -0.3 is 5.32 Å². The van der Waals surface area contributed by atoms with Crippen molar-refractivity contribution in [1.82, 2.24) is 24.7 Å². The zero-order chi connectivity index (χ0) is 14.7. The number of benzene rings is 1. The molecule has 0 saturated heterocycles. The molecular weight excluding hydrogens is 288 g/mol. The maximum Gasteiger partial charge on any atom is 0.255 e. The Morgan fingerprint density at radius 2 is 1.95 bits per heavy atom. The van der Waals surface area contributed by atoms with Crippen molar-refractivity contribution in [3.05, 3.63) is 47.7 Å². The van der Waals surface area contributed by atoms with E-state index < -0.39 is 0 Å². The van der Waals surface area contributed by atoms with Crippen LogP contribution in [0.25, 0.3) is 17.3 Å². The molecular formula is C14H13ClN6. The van der Waals surface area contributed by atoms with Gasteiger partial charge in [0.25, 0.3) is 5.95 Å². The molecule has 0 atom stereocenters. The van der Waals surface area contributed by atoms with Crippen molar-refractivity contribution in [3.8, 4) is 17.3 Å². The molecule has 3 aromatic rings. The van der Waals surface area contributed by atoms with Gasteiger partial charge in [0, 0.05) is 29.5 Å². The highest BCUT2D eigenvalue weighted by Gasteiger charge is 2.09. The van der Waals surface area contributed by atoms with E-state index in [0.29, 0.717) is 22.7 Å². The van der Waals surface area contributed by atoms with Gasteiger partial charge in [0.15, 0.2) is 5.82 Å². The molecule has 6 nitrogen and oxygen atoms in total. The third-order valence-corrected chi connectivity index (χ3v) is 3.02. The molecule has 1 N–H and O–H groups in total. The average molecular weight is 301 g/mol. The molecule has 0 amide bonds. The van der Waals surface area contributed by atoms with E-state index in [1.165, 1.54) is 0 Å². The minimum atomic E-state index is 0.468. The lowest BCUT2D eigenvalue weighted by atomic mass is 10.2. The number of halogens is 1. The lowest BCUT2D eigenvalue weighted by molar-refractivity contribution is 0.798. The Kier molecular flexibility index (Phi) is 3.79. The maximum atomic E-state index is 5.91. The summed E-state index contributed by atoms with van der Waals surface area (Å²) in [4.78, 5) is 13.2. The number of nitrogens with zero attached hydrogens (tertiary/aromatic N) is 5. The Hall–Kier alpha value is -2.47. The van der Waals surface area contributed by atoms with Crippen LogP contribution in [0.5, 0.6) is 0 Å². The van der Waals surface area contributed by atoms with Crippen molar-refractivity contribution >= 4 is 17.5 Å². The number of hydrogen-bond acceptors (Lipinski definition) is 5. The molecule has 0 saturated carbocycles. The summed E-state index contributed by atoms with van der Waals surface area (Å²) in [5, 5.41) is 7.93. The van der Waals surface area contributed by atoms with Crippen LogP contribution in [0.3, 0.4) is 0 Å². The summed E-state index contributed by atoms with van der Waals surface area (Å²) < 4.78 is 1.60. The Morgan fingerprint density at radius 1 is 1.14 bits per heavy atom. The second-order valence-corrected chi connectivity index (χ2v) is 4.71. The Bertz CT molecular complexity index is 724. The summed E-state index contributed by atoms with van der Waals surface area (Å²) in [7, 11) is 0. The third-order valence-electron chi connectivity index (χ3n) is 2.77. The first kappa shape index (κ1) is 13.5. The van der Waals surface area contributed by atoms with Crippen LogP contribution in [0, 0.1) is 0 Å². The molecule has 0 bridgehead atoms. The standard InChI is InChI=1S/C14H13ClN6/c1-2-16-13-18-12(10-4-6-11(15)7-5-10)19-14(20-13)21-9-3-8-17-21/h3-9H,2H2,1H3,(H,16,18,19,20). The second-order valence-electron chi connectivity index (χ2n) is 4.27. The Balaban J connectivity index is 2.09. The fourth-order valence-electron chi connectivity index (χ4n) is 1.82. The van der Waals surface area contributed by atoms with Crippen LogP contribution in [0.1, 0.15) is 6.92 Å². The molecule has 21 heavy (non-hydrogen) atoms. The summed E-state index contributed by atoms with van der Waals surface area (Å²) in [6.07, 6.45) is 3.47. The normalized spacial score (nSPS) is 10.6. The predicted octanol–water partition coefficient (Wildman–Crippen LogP) is 2.81. The largest absolute Gasteiger partial charge is 0.354 e. The van der Waals surface area contributed by atoms with Crippen molar-refractivity contribution in [2.45, 2.75) is 6.92 Å². The molecule has 7 heteroatoms. The molecule has 3 rings (SSSR count). The quantitative estimate of drug-likeness (QED) is 0.802. The van der Waals surface area contributed by atoms with E-state index in [2.05, 4.69) is 25.4 Å². The van der Waals surface area contributed by atoms with Crippen molar-refractivity contribution in [3.63, 3.8) is 0 Å².